The Labute approximate surface area is 146 Å². The van der Waals surface area contributed by atoms with Crippen LogP contribution in [0.3, 0.4) is 0 Å². The van der Waals surface area contributed by atoms with Crippen molar-refractivity contribution in [3.8, 4) is 17.6 Å². The Bertz CT molecular complexity index is 717. The monoisotopic (exact) mass is 346 g/mol. The lowest BCUT2D eigenvalue weighted by Crippen LogP contribution is -2.20. The molecule has 0 aliphatic carbocycles. The van der Waals surface area contributed by atoms with E-state index in [0.717, 1.165) is 23.4 Å². The van der Waals surface area contributed by atoms with Gasteiger partial charge in [0.15, 0.2) is 11.6 Å². The predicted molar refractivity (Wildman–Crippen MR) is 90.3 cm³/mol. The summed E-state index contributed by atoms with van der Waals surface area (Å²) < 4.78 is 36.8. The molecule has 25 heavy (non-hydrogen) atoms. The number of nitriles is 1. The Balaban J connectivity index is 1.67. The molecule has 1 N–H and O–H groups in total. The van der Waals surface area contributed by atoms with Crippen LogP contribution in [-0.2, 0) is 6.54 Å². The second-order valence-electron chi connectivity index (χ2n) is 5.36. The predicted octanol–water partition coefficient (Wildman–Crippen LogP) is 3.82. The third-order valence-electron chi connectivity index (χ3n) is 3.37. The highest BCUT2D eigenvalue weighted by Crippen LogP contribution is 2.15. The summed E-state index contributed by atoms with van der Waals surface area (Å²) in [7, 11) is 0. The van der Waals surface area contributed by atoms with Gasteiger partial charge in [0.1, 0.15) is 18.1 Å². The number of hydrogen-bond donors (Lipinski definition) is 1. The van der Waals surface area contributed by atoms with Gasteiger partial charge in [0.2, 0.25) is 0 Å². The fourth-order valence-electron chi connectivity index (χ4n) is 2.13. The highest BCUT2D eigenvalue weighted by molar-refractivity contribution is 5.28. The maximum absolute atomic E-state index is 13.0. The van der Waals surface area contributed by atoms with Gasteiger partial charge in [0, 0.05) is 25.6 Å². The Morgan fingerprint density at radius 1 is 0.960 bits per heavy atom. The van der Waals surface area contributed by atoms with E-state index in [4.69, 9.17) is 14.7 Å². The van der Waals surface area contributed by atoms with E-state index in [1.807, 2.05) is 24.3 Å². The first-order valence-corrected chi connectivity index (χ1v) is 8.06. The highest BCUT2D eigenvalue weighted by Gasteiger charge is 2.03. The van der Waals surface area contributed by atoms with Crippen molar-refractivity contribution >= 4 is 0 Å². The molecule has 0 aromatic heterocycles. The number of rotatable bonds is 10. The molecule has 2 aromatic carbocycles. The van der Waals surface area contributed by atoms with Crippen LogP contribution in [0.15, 0.2) is 42.5 Å². The molecule has 0 heterocycles. The van der Waals surface area contributed by atoms with Gasteiger partial charge in [-0.15, -0.1) is 0 Å². The lowest BCUT2D eigenvalue weighted by Gasteiger charge is -2.09. The molecule has 0 unspecified atom stereocenters. The van der Waals surface area contributed by atoms with Gasteiger partial charge in [0.25, 0.3) is 0 Å². The molecule has 0 aliphatic heterocycles. The van der Waals surface area contributed by atoms with E-state index in [1.54, 1.807) is 0 Å². The molecule has 0 bridgehead atoms. The van der Waals surface area contributed by atoms with Crippen molar-refractivity contribution in [1.82, 2.24) is 5.32 Å². The van der Waals surface area contributed by atoms with Crippen LogP contribution in [0.4, 0.5) is 8.78 Å². The molecule has 0 amide bonds. The molecule has 2 aromatic rings. The van der Waals surface area contributed by atoms with E-state index in [2.05, 4.69) is 11.4 Å². The number of hydrogen-bond acceptors (Lipinski definition) is 4. The second kappa shape index (κ2) is 10.3. The van der Waals surface area contributed by atoms with Crippen LogP contribution >= 0.6 is 0 Å². The second-order valence-corrected chi connectivity index (χ2v) is 5.36. The summed E-state index contributed by atoms with van der Waals surface area (Å²) in [5, 5.41) is 11.7. The minimum absolute atomic E-state index is 0.300. The van der Waals surface area contributed by atoms with Crippen LogP contribution < -0.4 is 14.8 Å². The lowest BCUT2D eigenvalue weighted by atomic mass is 10.2. The van der Waals surface area contributed by atoms with E-state index in [-0.39, 0.29) is 0 Å². The number of halogens is 2. The van der Waals surface area contributed by atoms with Crippen LogP contribution in [0.25, 0.3) is 0 Å². The zero-order valence-corrected chi connectivity index (χ0v) is 13.8. The standard InChI is InChI=1S/C19H20F2N2O2/c20-18-7-6-17(13-19(18)21)25-11-9-23-14-15-4-3-5-16(12-15)24-10-2-1-8-22/h3-7,12-13,23H,1-2,9-11,14H2. The molecule has 6 heteroatoms. The normalized spacial score (nSPS) is 10.3. The van der Waals surface area contributed by atoms with Gasteiger partial charge in [0.05, 0.1) is 12.7 Å². The van der Waals surface area contributed by atoms with E-state index in [0.29, 0.717) is 44.9 Å². The molecule has 132 valence electrons. The van der Waals surface area contributed by atoms with Crippen LogP contribution in [0.1, 0.15) is 18.4 Å². The topological polar surface area (TPSA) is 54.3 Å². The van der Waals surface area contributed by atoms with Crippen molar-refractivity contribution < 1.29 is 18.3 Å². The Kier molecular flexibility index (Phi) is 7.67. The van der Waals surface area contributed by atoms with Gasteiger partial charge < -0.3 is 14.8 Å². The summed E-state index contributed by atoms with van der Waals surface area (Å²) in [6, 6.07) is 13.3. The number of benzene rings is 2. The molecule has 2 rings (SSSR count). The van der Waals surface area contributed by atoms with Gasteiger partial charge in [-0.2, -0.15) is 5.26 Å². The molecule has 0 saturated heterocycles. The molecule has 0 saturated carbocycles. The van der Waals surface area contributed by atoms with E-state index in [9.17, 15) is 8.78 Å². The van der Waals surface area contributed by atoms with Crippen molar-refractivity contribution in [3.63, 3.8) is 0 Å². The molecule has 0 fully saturated rings. The number of unbranched alkanes of at least 4 members (excludes halogenated alkanes) is 1. The van der Waals surface area contributed by atoms with E-state index < -0.39 is 11.6 Å². The molecule has 0 atom stereocenters. The maximum atomic E-state index is 13.0. The molecule has 0 aliphatic rings. The smallest absolute Gasteiger partial charge is 0.162 e. The molecule has 0 radical (unpaired) electrons. The average Bonchev–Trinajstić information content (AvgIpc) is 2.62. The summed E-state index contributed by atoms with van der Waals surface area (Å²) in [6.07, 6.45) is 1.19. The Morgan fingerprint density at radius 2 is 1.76 bits per heavy atom. The van der Waals surface area contributed by atoms with Crippen LogP contribution in [-0.4, -0.2) is 19.8 Å². The maximum Gasteiger partial charge on any atom is 0.162 e. The van der Waals surface area contributed by atoms with Crippen LogP contribution in [0, 0.1) is 23.0 Å². The fraction of sp³-hybridized carbons (Fsp3) is 0.316. The summed E-state index contributed by atoms with van der Waals surface area (Å²) in [5.74, 6) is -0.735. The van der Waals surface area contributed by atoms with Crippen LogP contribution in [0.5, 0.6) is 11.5 Å². The minimum atomic E-state index is -0.919. The first-order valence-electron chi connectivity index (χ1n) is 8.06. The molecular formula is C19H20F2N2O2. The molecule has 4 nitrogen and oxygen atoms in total. The van der Waals surface area contributed by atoms with Crippen LogP contribution in [0.2, 0.25) is 0 Å². The van der Waals surface area contributed by atoms with Crippen molar-refractivity contribution in [2.45, 2.75) is 19.4 Å². The zero-order chi connectivity index (χ0) is 17.9. The SMILES string of the molecule is N#CCCCOc1cccc(CNCCOc2ccc(F)c(F)c2)c1. The van der Waals surface area contributed by atoms with Gasteiger partial charge in [-0.1, -0.05) is 12.1 Å². The zero-order valence-electron chi connectivity index (χ0n) is 13.8. The minimum Gasteiger partial charge on any atom is -0.494 e. The van der Waals surface area contributed by atoms with Gasteiger partial charge >= 0.3 is 0 Å². The van der Waals surface area contributed by atoms with Gasteiger partial charge in [-0.05, 0) is 36.2 Å². The quantitative estimate of drug-likeness (QED) is 0.665. The van der Waals surface area contributed by atoms with Gasteiger partial charge in [-0.3, -0.25) is 0 Å². The summed E-state index contributed by atoms with van der Waals surface area (Å²) in [5.41, 5.74) is 1.06. The number of ether oxygens (including phenoxy) is 2. The van der Waals surface area contributed by atoms with Crippen molar-refractivity contribution in [1.29, 1.82) is 5.26 Å². The number of nitrogens with zero attached hydrogens (tertiary/aromatic N) is 1. The average molecular weight is 346 g/mol. The van der Waals surface area contributed by atoms with Crippen molar-refractivity contribution in [3.05, 3.63) is 59.7 Å². The van der Waals surface area contributed by atoms with E-state index in [1.165, 1.54) is 6.07 Å². The Morgan fingerprint density at radius 3 is 2.56 bits per heavy atom. The first-order chi connectivity index (χ1) is 12.2. The first kappa shape index (κ1) is 18.7. The van der Waals surface area contributed by atoms with Gasteiger partial charge in [-0.25, -0.2) is 8.78 Å². The third kappa shape index (κ3) is 6.77. The number of nitrogens with one attached hydrogen (secondary N) is 1. The Hall–Kier alpha value is -2.65. The van der Waals surface area contributed by atoms with Crippen molar-refractivity contribution in [2.24, 2.45) is 0 Å². The molecular weight excluding hydrogens is 326 g/mol. The highest BCUT2D eigenvalue weighted by atomic mass is 19.2. The third-order valence-corrected chi connectivity index (χ3v) is 3.37. The summed E-state index contributed by atoms with van der Waals surface area (Å²) in [6.45, 7) is 2.06. The van der Waals surface area contributed by atoms with Crippen molar-refractivity contribution in [2.75, 3.05) is 19.8 Å². The fourth-order valence-corrected chi connectivity index (χ4v) is 2.13. The summed E-state index contributed by atoms with van der Waals surface area (Å²) in [4.78, 5) is 0. The lowest BCUT2D eigenvalue weighted by molar-refractivity contribution is 0.309. The summed E-state index contributed by atoms with van der Waals surface area (Å²) >= 11 is 0. The van der Waals surface area contributed by atoms with E-state index >= 15 is 0 Å². The largest absolute Gasteiger partial charge is 0.494 e. The molecule has 0 spiro atoms.